The first-order valence-electron chi connectivity index (χ1n) is 10.3. The smallest absolute Gasteiger partial charge is 0.0842 e. The third kappa shape index (κ3) is 4.86. The molecule has 0 spiro atoms. The van der Waals surface area contributed by atoms with E-state index in [1.54, 1.807) is 12.4 Å². The van der Waals surface area contributed by atoms with E-state index in [2.05, 4.69) is 82.8 Å². The van der Waals surface area contributed by atoms with Gasteiger partial charge >= 0.3 is 0 Å². The molecule has 0 bridgehead atoms. The fourth-order valence-electron chi connectivity index (χ4n) is 3.91. The minimum atomic E-state index is -0.0457. The molecule has 1 N–H and O–H groups in total. The van der Waals surface area contributed by atoms with Crippen molar-refractivity contribution in [3.8, 4) is 0 Å². The molecule has 0 aliphatic carbocycles. The van der Waals surface area contributed by atoms with E-state index in [9.17, 15) is 0 Å². The summed E-state index contributed by atoms with van der Waals surface area (Å²) < 4.78 is 0. The molecular weight excluding hydrogens is 342 g/mol. The van der Waals surface area contributed by atoms with Crippen molar-refractivity contribution < 1.29 is 0 Å². The number of nitrogens with one attached hydrogen (secondary N) is 1. The standard InChI is InChI=1S/C20H26N2.C5H5N/c1-2-3-15-22-16-14-21-17-20(22,18-10-6-4-7-11-18)19-12-8-5-9-13-19;1-2-4-6-5-3-1/h4-13,21H,2-3,14-17H2,1H3;1-5H. The van der Waals surface area contributed by atoms with Crippen molar-refractivity contribution in [2.45, 2.75) is 25.3 Å². The Balaban J connectivity index is 0.000000320. The van der Waals surface area contributed by atoms with Crippen LogP contribution in [0.1, 0.15) is 30.9 Å². The van der Waals surface area contributed by atoms with Crippen molar-refractivity contribution in [2.24, 2.45) is 0 Å². The van der Waals surface area contributed by atoms with Gasteiger partial charge in [-0.15, -0.1) is 0 Å². The Labute approximate surface area is 169 Å². The van der Waals surface area contributed by atoms with Gasteiger partial charge in [-0.25, -0.2) is 0 Å². The second kappa shape index (κ2) is 10.7. The highest BCUT2D eigenvalue weighted by Gasteiger charge is 2.41. The molecule has 0 amide bonds. The van der Waals surface area contributed by atoms with Crippen molar-refractivity contribution in [3.63, 3.8) is 0 Å². The first kappa shape index (κ1) is 20.2. The monoisotopic (exact) mass is 373 g/mol. The largest absolute Gasteiger partial charge is 0.313 e. The number of piperazine rings is 1. The highest BCUT2D eigenvalue weighted by Crippen LogP contribution is 2.37. The van der Waals surface area contributed by atoms with Crippen LogP contribution in [0.5, 0.6) is 0 Å². The molecule has 1 saturated heterocycles. The fraction of sp³-hybridized carbons (Fsp3) is 0.320. The molecule has 1 aromatic heterocycles. The average molecular weight is 374 g/mol. The minimum absolute atomic E-state index is 0.0457. The molecule has 0 saturated carbocycles. The molecule has 1 aliphatic heterocycles. The summed E-state index contributed by atoms with van der Waals surface area (Å²) in [7, 11) is 0. The van der Waals surface area contributed by atoms with E-state index in [0.29, 0.717) is 0 Å². The van der Waals surface area contributed by atoms with Crippen LogP contribution in [0.25, 0.3) is 0 Å². The van der Waals surface area contributed by atoms with Crippen LogP contribution in [0, 0.1) is 0 Å². The van der Waals surface area contributed by atoms with Crippen LogP contribution in [0.3, 0.4) is 0 Å². The Bertz CT molecular complexity index is 708. The summed E-state index contributed by atoms with van der Waals surface area (Å²) >= 11 is 0. The highest BCUT2D eigenvalue weighted by atomic mass is 15.3. The first-order chi connectivity index (χ1) is 13.9. The second-order valence-electron chi connectivity index (χ2n) is 7.13. The molecule has 3 nitrogen and oxygen atoms in total. The summed E-state index contributed by atoms with van der Waals surface area (Å²) in [6.45, 7) is 6.58. The number of rotatable bonds is 5. The van der Waals surface area contributed by atoms with Crippen LogP contribution in [-0.4, -0.2) is 36.1 Å². The van der Waals surface area contributed by atoms with Crippen molar-refractivity contribution in [2.75, 3.05) is 26.2 Å². The lowest BCUT2D eigenvalue weighted by Crippen LogP contribution is -2.59. The Hall–Kier alpha value is -2.49. The van der Waals surface area contributed by atoms with E-state index in [4.69, 9.17) is 0 Å². The Morgan fingerprint density at radius 1 is 0.857 bits per heavy atom. The van der Waals surface area contributed by atoms with E-state index in [-0.39, 0.29) is 5.54 Å². The van der Waals surface area contributed by atoms with Crippen LogP contribution < -0.4 is 5.32 Å². The van der Waals surface area contributed by atoms with Gasteiger partial charge in [0.2, 0.25) is 0 Å². The number of hydrogen-bond acceptors (Lipinski definition) is 3. The molecule has 0 atom stereocenters. The van der Waals surface area contributed by atoms with Gasteiger partial charge in [0.15, 0.2) is 0 Å². The molecule has 3 heteroatoms. The first-order valence-corrected chi connectivity index (χ1v) is 10.3. The summed E-state index contributed by atoms with van der Waals surface area (Å²) in [5.41, 5.74) is 2.74. The summed E-state index contributed by atoms with van der Waals surface area (Å²) in [6, 6.07) is 27.7. The van der Waals surface area contributed by atoms with Gasteiger partial charge in [-0.1, -0.05) is 80.1 Å². The fourth-order valence-corrected chi connectivity index (χ4v) is 3.91. The molecule has 2 heterocycles. The van der Waals surface area contributed by atoms with Crippen LogP contribution in [-0.2, 0) is 5.54 Å². The van der Waals surface area contributed by atoms with Gasteiger partial charge in [-0.05, 0) is 36.2 Å². The molecule has 3 aromatic rings. The number of hydrogen-bond donors (Lipinski definition) is 1. The van der Waals surface area contributed by atoms with Gasteiger partial charge in [0.25, 0.3) is 0 Å². The average Bonchev–Trinajstić information content (AvgIpc) is 2.80. The minimum Gasteiger partial charge on any atom is -0.313 e. The quantitative estimate of drug-likeness (QED) is 0.701. The zero-order chi connectivity index (χ0) is 19.5. The van der Waals surface area contributed by atoms with Crippen LogP contribution in [0.4, 0.5) is 0 Å². The molecule has 0 radical (unpaired) electrons. The molecule has 4 rings (SSSR count). The molecular formula is C25H31N3. The maximum Gasteiger partial charge on any atom is 0.0842 e. The van der Waals surface area contributed by atoms with E-state index >= 15 is 0 Å². The number of unbranched alkanes of at least 4 members (excludes halogenated alkanes) is 1. The van der Waals surface area contributed by atoms with Gasteiger partial charge < -0.3 is 5.32 Å². The molecule has 1 fully saturated rings. The molecule has 28 heavy (non-hydrogen) atoms. The highest BCUT2D eigenvalue weighted by molar-refractivity contribution is 5.40. The van der Waals surface area contributed by atoms with Gasteiger partial charge in [-0.3, -0.25) is 9.88 Å². The molecule has 1 aliphatic rings. The van der Waals surface area contributed by atoms with Crippen molar-refractivity contribution >= 4 is 0 Å². The number of aromatic nitrogens is 1. The van der Waals surface area contributed by atoms with Crippen LogP contribution >= 0.6 is 0 Å². The Morgan fingerprint density at radius 3 is 1.89 bits per heavy atom. The Kier molecular flexibility index (Phi) is 7.77. The normalized spacial score (nSPS) is 16.0. The third-order valence-electron chi connectivity index (χ3n) is 5.33. The van der Waals surface area contributed by atoms with E-state index in [1.807, 2.05) is 18.2 Å². The number of pyridine rings is 1. The number of nitrogens with zero attached hydrogens (tertiary/aromatic N) is 2. The van der Waals surface area contributed by atoms with E-state index in [0.717, 1.165) is 26.2 Å². The van der Waals surface area contributed by atoms with Gasteiger partial charge in [0, 0.05) is 32.0 Å². The van der Waals surface area contributed by atoms with E-state index in [1.165, 1.54) is 24.0 Å². The van der Waals surface area contributed by atoms with Crippen LogP contribution in [0.15, 0.2) is 91.3 Å². The van der Waals surface area contributed by atoms with Crippen molar-refractivity contribution in [3.05, 3.63) is 102 Å². The predicted molar refractivity (Wildman–Crippen MR) is 117 cm³/mol. The predicted octanol–water partition coefficient (Wildman–Crippen LogP) is 4.72. The lowest BCUT2D eigenvalue weighted by Gasteiger charge is -2.48. The maximum absolute atomic E-state index is 3.78. The molecule has 0 unspecified atom stereocenters. The summed E-state index contributed by atoms with van der Waals surface area (Å²) in [5, 5.41) is 3.64. The summed E-state index contributed by atoms with van der Waals surface area (Å²) in [5.74, 6) is 0. The third-order valence-corrected chi connectivity index (χ3v) is 5.33. The molecule has 2 aromatic carbocycles. The number of benzene rings is 2. The summed E-state index contributed by atoms with van der Waals surface area (Å²) in [4.78, 5) is 6.46. The topological polar surface area (TPSA) is 28.2 Å². The lowest BCUT2D eigenvalue weighted by atomic mass is 9.79. The molecule has 146 valence electrons. The van der Waals surface area contributed by atoms with Crippen molar-refractivity contribution in [1.82, 2.24) is 15.2 Å². The maximum atomic E-state index is 3.78. The van der Waals surface area contributed by atoms with Gasteiger partial charge in [0.1, 0.15) is 0 Å². The zero-order valence-corrected chi connectivity index (χ0v) is 16.8. The zero-order valence-electron chi connectivity index (χ0n) is 16.8. The van der Waals surface area contributed by atoms with Gasteiger partial charge in [0.05, 0.1) is 5.54 Å². The van der Waals surface area contributed by atoms with E-state index < -0.39 is 0 Å². The van der Waals surface area contributed by atoms with Gasteiger partial charge in [-0.2, -0.15) is 0 Å². The second-order valence-corrected chi connectivity index (χ2v) is 7.13. The SMILES string of the molecule is CCCCN1CCNCC1(c1ccccc1)c1ccccc1.c1ccncc1. The summed E-state index contributed by atoms with van der Waals surface area (Å²) in [6.07, 6.45) is 5.99. The van der Waals surface area contributed by atoms with Crippen molar-refractivity contribution in [1.29, 1.82) is 0 Å². The lowest BCUT2D eigenvalue weighted by molar-refractivity contribution is 0.0897. The van der Waals surface area contributed by atoms with Crippen LogP contribution in [0.2, 0.25) is 0 Å². The Morgan fingerprint density at radius 2 is 1.43 bits per heavy atom.